The molecule has 0 aromatic carbocycles. The Morgan fingerprint density at radius 2 is 2.14 bits per heavy atom. The number of hydrogen-bond donors (Lipinski definition) is 2. The number of halogens is 1. The molecule has 0 atom stereocenters. The number of nitrogens with zero attached hydrogens (tertiary/aromatic N) is 3. The van der Waals surface area contributed by atoms with Gasteiger partial charge in [-0.05, 0) is 24.3 Å². The van der Waals surface area contributed by atoms with Crippen LogP contribution in [0.2, 0.25) is 5.15 Å². The maximum atomic E-state index is 12.3. The molecule has 6 nitrogen and oxygen atoms in total. The predicted octanol–water partition coefficient (Wildman–Crippen LogP) is 3.58. The van der Waals surface area contributed by atoms with Crippen molar-refractivity contribution in [3.63, 3.8) is 0 Å². The lowest BCUT2D eigenvalue weighted by Crippen LogP contribution is -2.14. The Balaban J connectivity index is 1.78. The largest absolute Gasteiger partial charge is 0.344 e. The van der Waals surface area contributed by atoms with Gasteiger partial charge < -0.3 is 10.6 Å². The quantitative estimate of drug-likeness (QED) is 0.714. The molecule has 0 aliphatic carbocycles. The number of amides is 1. The number of pyridine rings is 2. The van der Waals surface area contributed by atoms with Crippen molar-refractivity contribution < 1.29 is 4.79 Å². The van der Waals surface area contributed by atoms with E-state index in [-0.39, 0.29) is 11.6 Å². The summed E-state index contributed by atoms with van der Waals surface area (Å²) in [5.41, 5.74) is 2.66. The Labute approximate surface area is 135 Å². The zero-order valence-electron chi connectivity index (χ0n) is 11.2. The highest BCUT2D eigenvalue weighted by atomic mass is 35.5. The number of carbonyl (C=O) groups is 1. The second kappa shape index (κ2) is 6.50. The molecule has 8 heteroatoms. The summed E-state index contributed by atoms with van der Waals surface area (Å²) in [7, 11) is 0. The topological polar surface area (TPSA) is 79.8 Å². The summed E-state index contributed by atoms with van der Waals surface area (Å²) < 4.78 is 0. The summed E-state index contributed by atoms with van der Waals surface area (Å²) in [5, 5.41) is 6.72. The molecule has 3 heterocycles. The zero-order valence-corrected chi connectivity index (χ0v) is 12.7. The van der Waals surface area contributed by atoms with Crippen molar-refractivity contribution in [1.29, 1.82) is 0 Å². The van der Waals surface area contributed by atoms with Gasteiger partial charge >= 0.3 is 0 Å². The molecule has 1 amide bonds. The molecule has 3 aromatic heterocycles. The first-order valence-electron chi connectivity index (χ1n) is 6.27. The molecular formula is C14H10ClN5OS. The molecule has 22 heavy (non-hydrogen) atoms. The van der Waals surface area contributed by atoms with Gasteiger partial charge in [0, 0.05) is 6.20 Å². The average molecular weight is 332 g/mol. The number of hydrogen-bond acceptors (Lipinski definition) is 6. The predicted molar refractivity (Wildman–Crippen MR) is 86.8 cm³/mol. The van der Waals surface area contributed by atoms with Crippen LogP contribution in [-0.2, 0) is 0 Å². The van der Waals surface area contributed by atoms with E-state index in [9.17, 15) is 4.79 Å². The van der Waals surface area contributed by atoms with Gasteiger partial charge in [-0.25, -0.2) is 9.97 Å². The van der Waals surface area contributed by atoms with E-state index in [0.29, 0.717) is 16.0 Å². The fourth-order valence-corrected chi connectivity index (χ4v) is 2.58. The summed E-state index contributed by atoms with van der Waals surface area (Å²) >= 11 is 7.13. The first-order valence-corrected chi connectivity index (χ1v) is 7.52. The minimum absolute atomic E-state index is 0.288. The van der Waals surface area contributed by atoms with E-state index in [4.69, 9.17) is 11.6 Å². The molecular weight excluding hydrogens is 322 g/mol. The van der Waals surface area contributed by atoms with Crippen LogP contribution in [0.15, 0.2) is 48.2 Å². The van der Waals surface area contributed by atoms with Gasteiger partial charge in [0.05, 0.1) is 17.4 Å². The van der Waals surface area contributed by atoms with Crippen LogP contribution in [0.3, 0.4) is 0 Å². The van der Waals surface area contributed by atoms with Crippen molar-refractivity contribution in [1.82, 2.24) is 15.0 Å². The van der Waals surface area contributed by atoms with Crippen molar-refractivity contribution in [2.45, 2.75) is 0 Å². The first kappa shape index (κ1) is 14.4. The number of carbonyl (C=O) groups excluding carboxylic acids is 1. The molecule has 0 aliphatic rings. The monoisotopic (exact) mass is 331 g/mol. The molecule has 0 aliphatic heterocycles. The Morgan fingerprint density at radius 1 is 1.23 bits per heavy atom. The number of rotatable bonds is 4. The third-order valence-corrected chi connectivity index (χ3v) is 3.61. The minimum Gasteiger partial charge on any atom is -0.344 e. The highest BCUT2D eigenvalue weighted by Gasteiger charge is 2.16. The number of anilines is 3. The van der Waals surface area contributed by atoms with Gasteiger partial charge in [0.2, 0.25) is 0 Å². The summed E-state index contributed by atoms with van der Waals surface area (Å²) in [4.78, 5) is 24.4. The van der Waals surface area contributed by atoms with E-state index in [1.807, 2.05) is 6.07 Å². The van der Waals surface area contributed by atoms with Crippen LogP contribution in [0.1, 0.15) is 10.5 Å². The molecule has 0 bridgehead atoms. The maximum Gasteiger partial charge on any atom is 0.278 e. The highest BCUT2D eigenvalue weighted by Crippen LogP contribution is 2.25. The van der Waals surface area contributed by atoms with Gasteiger partial charge in [0.25, 0.3) is 5.91 Å². The van der Waals surface area contributed by atoms with Gasteiger partial charge in [-0.1, -0.05) is 17.7 Å². The van der Waals surface area contributed by atoms with E-state index in [2.05, 4.69) is 25.6 Å². The molecule has 110 valence electrons. The number of nitrogens with one attached hydrogen (secondary N) is 2. The van der Waals surface area contributed by atoms with Crippen LogP contribution in [0.4, 0.5) is 16.5 Å². The van der Waals surface area contributed by atoms with E-state index in [1.165, 1.54) is 11.3 Å². The maximum absolute atomic E-state index is 12.3. The Kier molecular flexibility index (Phi) is 4.27. The molecule has 0 saturated heterocycles. The van der Waals surface area contributed by atoms with Crippen LogP contribution in [-0.4, -0.2) is 20.9 Å². The lowest BCUT2D eigenvalue weighted by molar-refractivity contribution is 0.102. The van der Waals surface area contributed by atoms with Crippen LogP contribution in [0.25, 0.3) is 0 Å². The van der Waals surface area contributed by atoms with Gasteiger partial charge in [-0.2, -0.15) is 0 Å². The van der Waals surface area contributed by atoms with Crippen LogP contribution in [0.5, 0.6) is 0 Å². The zero-order chi connectivity index (χ0) is 15.4. The molecule has 0 radical (unpaired) electrons. The molecule has 0 fully saturated rings. The van der Waals surface area contributed by atoms with Crippen molar-refractivity contribution in [2.24, 2.45) is 0 Å². The van der Waals surface area contributed by atoms with Gasteiger partial charge in [-0.3, -0.25) is 9.78 Å². The molecule has 0 unspecified atom stereocenters. The van der Waals surface area contributed by atoms with Gasteiger partial charge in [-0.15, -0.1) is 11.3 Å². The SMILES string of the molecule is O=C(Nc1cccc(Cl)n1)c1ncsc1Nc1cccnc1. The van der Waals surface area contributed by atoms with E-state index >= 15 is 0 Å². The van der Waals surface area contributed by atoms with Gasteiger partial charge in [0.15, 0.2) is 5.69 Å². The van der Waals surface area contributed by atoms with Gasteiger partial charge in [0.1, 0.15) is 16.0 Å². The second-order valence-electron chi connectivity index (χ2n) is 4.20. The van der Waals surface area contributed by atoms with Crippen LogP contribution >= 0.6 is 22.9 Å². The lowest BCUT2D eigenvalue weighted by atomic mass is 10.3. The normalized spacial score (nSPS) is 10.2. The first-order chi connectivity index (χ1) is 10.7. The Bertz CT molecular complexity index is 793. The van der Waals surface area contributed by atoms with Crippen LogP contribution < -0.4 is 10.6 Å². The summed E-state index contributed by atoms with van der Waals surface area (Å²) in [6.07, 6.45) is 3.34. The van der Waals surface area contributed by atoms with E-state index in [0.717, 1.165) is 5.69 Å². The average Bonchev–Trinajstić information content (AvgIpc) is 2.96. The Morgan fingerprint density at radius 3 is 2.91 bits per heavy atom. The lowest BCUT2D eigenvalue weighted by Gasteiger charge is -2.06. The summed E-state index contributed by atoms with van der Waals surface area (Å²) in [5.74, 6) is 0.0141. The third kappa shape index (κ3) is 3.38. The number of thiazole rings is 1. The number of aromatic nitrogens is 3. The highest BCUT2D eigenvalue weighted by molar-refractivity contribution is 7.14. The molecule has 2 N–H and O–H groups in total. The van der Waals surface area contributed by atoms with Crippen molar-refractivity contribution in [2.75, 3.05) is 10.6 Å². The van der Waals surface area contributed by atoms with Crippen molar-refractivity contribution in [3.05, 3.63) is 59.1 Å². The third-order valence-electron chi connectivity index (χ3n) is 2.66. The van der Waals surface area contributed by atoms with E-state index in [1.54, 1.807) is 42.2 Å². The molecule has 3 rings (SSSR count). The molecule has 3 aromatic rings. The fourth-order valence-electron chi connectivity index (χ4n) is 1.72. The smallest absolute Gasteiger partial charge is 0.278 e. The second-order valence-corrected chi connectivity index (χ2v) is 5.44. The minimum atomic E-state index is -0.359. The Hall–Kier alpha value is -2.51. The fraction of sp³-hybridized carbons (Fsp3) is 0. The molecule has 0 saturated carbocycles. The summed E-state index contributed by atoms with van der Waals surface area (Å²) in [6, 6.07) is 8.66. The summed E-state index contributed by atoms with van der Waals surface area (Å²) in [6.45, 7) is 0. The van der Waals surface area contributed by atoms with Crippen molar-refractivity contribution >= 4 is 45.4 Å². The molecule has 0 spiro atoms. The van der Waals surface area contributed by atoms with E-state index < -0.39 is 0 Å². The standard InChI is InChI=1S/C14H10ClN5OS/c15-10-4-1-5-11(19-10)20-13(21)12-14(22-8-17-12)18-9-3-2-6-16-7-9/h1-8,18H,(H,19,20,21). The van der Waals surface area contributed by atoms with Crippen LogP contribution in [0, 0.1) is 0 Å². The van der Waals surface area contributed by atoms with Crippen molar-refractivity contribution in [3.8, 4) is 0 Å².